The van der Waals surface area contributed by atoms with Gasteiger partial charge in [0.05, 0.1) is 16.8 Å². The average Bonchev–Trinajstić information content (AvgIpc) is 2.28. The maximum atomic E-state index is 11.8. The van der Waals surface area contributed by atoms with Gasteiger partial charge < -0.3 is 10.4 Å². The zero-order chi connectivity index (χ0) is 13.2. The van der Waals surface area contributed by atoms with Crippen molar-refractivity contribution in [1.82, 2.24) is 0 Å². The molecule has 0 spiro atoms. The molecule has 1 aliphatic carbocycles. The van der Waals surface area contributed by atoms with Crippen molar-refractivity contribution in [2.75, 3.05) is 11.1 Å². The molecule has 5 heteroatoms. The van der Waals surface area contributed by atoms with Gasteiger partial charge in [-0.3, -0.25) is 0 Å². The van der Waals surface area contributed by atoms with Crippen molar-refractivity contribution in [2.24, 2.45) is 0 Å². The Morgan fingerprint density at radius 3 is 2.39 bits per heavy atom. The van der Waals surface area contributed by atoms with Gasteiger partial charge >= 0.3 is 0 Å². The van der Waals surface area contributed by atoms with E-state index in [-0.39, 0.29) is 11.9 Å². The summed E-state index contributed by atoms with van der Waals surface area (Å²) in [5.74, 6) is 0.189. The maximum absolute atomic E-state index is 11.8. The van der Waals surface area contributed by atoms with Gasteiger partial charge in [0.1, 0.15) is 0 Å². The number of sulfone groups is 1. The fraction of sp³-hybridized carbons (Fsp3) is 0.538. The van der Waals surface area contributed by atoms with Crippen LogP contribution in [0.5, 0.6) is 0 Å². The summed E-state index contributed by atoms with van der Waals surface area (Å²) in [4.78, 5) is 0.378. The highest BCUT2D eigenvalue weighted by Gasteiger charge is 2.26. The predicted molar refractivity (Wildman–Crippen MR) is 71.4 cm³/mol. The molecule has 0 amide bonds. The summed E-state index contributed by atoms with van der Waals surface area (Å²) in [5, 5.41) is 12.5. The highest BCUT2D eigenvalue weighted by Crippen LogP contribution is 2.24. The van der Waals surface area contributed by atoms with E-state index in [0.717, 1.165) is 18.5 Å². The van der Waals surface area contributed by atoms with Gasteiger partial charge in [-0.2, -0.15) is 0 Å². The zero-order valence-corrected chi connectivity index (χ0v) is 11.3. The second kappa shape index (κ2) is 5.28. The highest BCUT2D eigenvalue weighted by atomic mass is 32.2. The van der Waals surface area contributed by atoms with Gasteiger partial charge in [-0.05, 0) is 43.5 Å². The lowest BCUT2D eigenvalue weighted by atomic mass is 9.89. The van der Waals surface area contributed by atoms with Crippen LogP contribution in [-0.2, 0) is 9.84 Å². The van der Waals surface area contributed by atoms with Crippen LogP contribution >= 0.6 is 0 Å². The second-order valence-electron chi connectivity index (χ2n) is 4.81. The Kier molecular flexibility index (Phi) is 3.92. The van der Waals surface area contributed by atoms with Crippen LogP contribution in [-0.4, -0.2) is 31.4 Å². The molecule has 18 heavy (non-hydrogen) atoms. The smallest absolute Gasteiger partial charge is 0.178 e. The molecule has 100 valence electrons. The third-order valence-electron chi connectivity index (χ3n) is 3.17. The normalized spacial score (nSPS) is 23.4. The fourth-order valence-corrected chi connectivity index (χ4v) is 3.41. The van der Waals surface area contributed by atoms with E-state index >= 15 is 0 Å². The standard InChI is InChI=1S/C13H19NO3S/c1-2-7-18(16,17)13-5-3-10(4-6-13)14-11-8-12(15)9-11/h3-6,11-12,14-15H,2,7-9H2,1H3. The van der Waals surface area contributed by atoms with Gasteiger partial charge in [0.15, 0.2) is 9.84 Å². The van der Waals surface area contributed by atoms with Crippen LogP contribution < -0.4 is 5.32 Å². The fourth-order valence-electron chi connectivity index (χ4n) is 2.09. The Morgan fingerprint density at radius 2 is 1.89 bits per heavy atom. The molecule has 1 aromatic rings. The van der Waals surface area contributed by atoms with Gasteiger partial charge in [-0.25, -0.2) is 8.42 Å². The summed E-state index contributed by atoms with van der Waals surface area (Å²) >= 11 is 0. The Bertz CT molecular complexity index is 489. The molecule has 0 saturated heterocycles. The Morgan fingerprint density at radius 1 is 1.28 bits per heavy atom. The van der Waals surface area contributed by atoms with Crippen LogP contribution in [0, 0.1) is 0 Å². The van der Waals surface area contributed by atoms with E-state index in [2.05, 4.69) is 5.32 Å². The molecule has 0 radical (unpaired) electrons. The molecule has 0 aromatic heterocycles. The first-order valence-electron chi connectivity index (χ1n) is 6.28. The minimum Gasteiger partial charge on any atom is -0.393 e. The summed E-state index contributed by atoms with van der Waals surface area (Å²) in [6.07, 6.45) is 1.96. The molecular formula is C13H19NO3S. The van der Waals surface area contributed by atoms with E-state index in [1.807, 2.05) is 6.92 Å². The number of nitrogens with one attached hydrogen (secondary N) is 1. The zero-order valence-electron chi connectivity index (χ0n) is 10.5. The van der Waals surface area contributed by atoms with Crippen LogP contribution in [0.25, 0.3) is 0 Å². The second-order valence-corrected chi connectivity index (χ2v) is 6.92. The molecule has 0 unspecified atom stereocenters. The van der Waals surface area contributed by atoms with Crippen LogP contribution in [0.15, 0.2) is 29.2 Å². The number of anilines is 1. The van der Waals surface area contributed by atoms with Gasteiger partial charge in [-0.15, -0.1) is 0 Å². The first kappa shape index (κ1) is 13.4. The van der Waals surface area contributed by atoms with Crippen LogP contribution in [0.2, 0.25) is 0 Å². The number of aliphatic hydroxyl groups is 1. The van der Waals surface area contributed by atoms with E-state index < -0.39 is 9.84 Å². The molecule has 0 atom stereocenters. The summed E-state index contributed by atoms with van der Waals surface area (Å²) in [6, 6.07) is 7.16. The number of hydrogen-bond acceptors (Lipinski definition) is 4. The van der Waals surface area contributed by atoms with Crippen LogP contribution in [0.3, 0.4) is 0 Å². The first-order chi connectivity index (χ1) is 8.51. The highest BCUT2D eigenvalue weighted by molar-refractivity contribution is 7.91. The van der Waals surface area contributed by atoms with Gasteiger partial charge in [-0.1, -0.05) is 6.92 Å². The molecule has 1 aliphatic rings. The minimum atomic E-state index is -3.12. The SMILES string of the molecule is CCCS(=O)(=O)c1ccc(NC2CC(O)C2)cc1. The van der Waals surface area contributed by atoms with E-state index in [4.69, 9.17) is 0 Å². The van der Waals surface area contributed by atoms with Crippen molar-refractivity contribution in [3.63, 3.8) is 0 Å². The van der Waals surface area contributed by atoms with Crippen LogP contribution in [0.4, 0.5) is 5.69 Å². The van der Waals surface area contributed by atoms with Crippen molar-refractivity contribution >= 4 is 15.5 Å². The number of aliphatic hydroxyl groups excluding tert-OH is 1. The lowest BCUT2D eigenvalue weighted by molar-refractivity contribution is 0.0836. The molecule has 1 saturated carbocycles. The van der Waals surface area contributed by atoms with Gasteiger partial charge in [0.2, 0.25) is 0 Å². The van der Waals surface area contributed by atoms with Crippen molar-refractivity contribution in [1.29, 1.82) is 0 Å². The summed E-state index contributed by atoms with van der Waals surface area (Å²) in [7, 11) is -3.12. The lowest BCUT2D eigenvalue weighted by Crippen LogP contribution is -2.38. The van der Waals surface area contributed by atoms with Gasteiger partial charge in [0, 0.05) is 11.7 Å². The van der Waals surface area contributed by atoms with Crippen molar-refractivity contribution in [3.05, 3.63) is 24.3 Å². The Labute approximate surface area is 108 Å². The molecule has 2 N–H and O–H groups in total. The third kappa shape index (κ3) is 3.03. The molecule has 0 heterocycles. The van der Waals surface area contributed by atoms with Gasteiger partial charge in [0.25, 0.3) is 0 Å². The summed E-state index contributed by atoms with van der Waals surface area (Å²) in [6.45, 7) is 1.86. The predicted octanol–water partition coefficient (Wildman–Crippen LogP) is 1.81. The van der Waals surface area contributed by atoms with E-state index in [0.29, 0.717) is 17.4 Å². The molecular weight excluding hydrogens is 250 g/mol. The quantitative estimate of drug-likeness (QED) is 0.855. The molecule has 4 nitrogen and oxygen atoms in total. The Balaban J connectivity index is 2.01. The largest absolute Gasteiger partial charge is 0.393 e. The molecule has 0 bridgehead atoms. The molecule has 1 aromatic carbocycles. The van der Waals surface area contributed by atoms with Crippen molar-refractivity contribution in [2.45, 2.75) is 43.2 Å². The minimum absolute atomic E-state index is 0.188. The molecule has 0 aliphatic heterocycles. The maximum Gasteiger partial charge on any atom is 0.178 e. The number of benzene rings is 1. The number of rotatable bonds is 5. The topological polar surface area (TPSA) is 66.4 Å². The van der Waals surface area contributed by atoms with Crippen molar-refractivity contribution < 1.29 is 13.5 Å². The van der Waals surface area contributed by atoms with Crippen LogP contribution in [0.1, 0.15) is 26.2 Å². The average molecular weight is 269 g/mol. The van der Waals surface area contributed by atoms with E-state index in [9.17, 15) is 13.5 Å². The third-order valence-corrected chi connectivity index (χ3v) is 5.11. The summed E-state index contributed by atoms with van der Waals surface area (Å²) < 4.78 is 23.6. The first-order valence-corrected chi connectivity index (χ1v) is 7.94. The van der Waals surface area contributed by atoms with E-state index in [1.54, 1.807) is 24.3 Å². The Hall–Kier alpha value is -1.07. The summed E-state index contributed by atoms with van der Waals surface area (Å²) in [5.41, 5.74) is 0.905. The van der Waals surface area contributed by atoms with Crippen molar-refractivity contribution in [3.8, 4) is 0 Å². The lowest BCUT2D eigenvalue weighted by Gasteiger charge is -2.32. The number of hydrogen-bond donors (Lipinski definition) is 2. The monoisotopic (exact) mass is 269 g/mol. The molecule has 1 fully saturated rings. The van der Waals surface area contributed by atoms with E-state index in [1.165, 1.54) is 0 Å². The molecule has 2 rings (SSSR count).